The number of aliphatic carboxylic acids is 1. The molecule has 1 atom stereocenters. The van der Waals surface area contributed by atoms with Gasteiger partial charge < -0.3 is 15.2 Å². The molecule has 0 radical (unpaired) electrons. The molecule has 1 aromatic carbocycles. The van der Waals surface area contributed by atoms with E-state index in [1.54, 1.807) is 51.1 Å². The van der Waals surface area contributed by atoms with Gasteiger partial charge in [-0.05, 0) is 47.1 Å². The maximum atomic E-state index is 13.1. The van der Waals surface area contributed by atoms with Gasteiger partial charge in [0, 0.05) is 12.0 Å². The first kappa shape index (κ1) is 28.2. The molecule has 184 valence electrons. The monoisotopic (exact) mass is 482 g/mol. The van der Waals surface area contributed by atoms with Gasteiger partial charge in [0.05, 0.1) is 9.65 Å². The van der Waals surface area contributed by atoms with Crippen molar-refractivity contribution in [3.05, 3.63) is 47.4 Å². The summed E-state index contributed by atoms with van der Waals surface area (Å²) in [5, 5.41) is 11.3. The maximum absolute atomic E-state index is 13.1. The molecule has 0 saturated heterocycles. The SMILES string of the molecule is C=C(COC(=O)N([C@@H](Cc1ccccc1)C(=O)NCC(=O)O)C(C)(C)C)S(=O)(=O)C(C)(C)C. The molecule has 9 nitrogen and oxygen atoms in total. The number of hydrogen-bond acceptors (Lipinski definition) is 6. The number of carboxylic acids is 1. The standard InChI is InChI=1S/C23H34N2O7S/c1-16(33(30,31)23(5,6)7)15-32-21(29)25(22(2,3)4)18(20(28)24-14-19(26)27)13-17-11-9-8-10-12-17/h8-12,18H,1,13-15H2,2-7H3,(H,24,28)(H,26,27)/t18-/m0/s1. The van der Waals surface area contributed by atoms with Gasteiger partial charge in [-0.2, -0.15) is 0 Å². The minimum absolute atomic E-state index is 0.0971. The van der Waals surface area contributed by atoms with E-state index in [-0.39, 0.29) is 11.3 Å². The van der Waals surface area contributed by atoms with Crippen LogP contribution < -0.4 is 5.32 Å². The van der Waals surface area contributed by atoms with Crippen LogP contribution in [0.4, 0.5) is 4.79 Å². The van der Waals surface area contributed by atoms with Crippen molar-refractivity contribution in [3.63, 3.8) is 0 Å². The molecule has 0 aliphatic heterocycles. The van der Waals surface area contributed by atoms with Crippen molar-refractivity contribution in [1.82, 2.24) is 10.2 Å². The average molecular weight is 483 g/mol. The molecule has 1 aromatic rings. The van der Waals surface area contributed by atoms with Gasteiger partial charge in [-0.1, -0.05) is 36.9 Å². The third-order valence-corrected chi connectivity index (χ3v) is 7.25. The van der Waals surface area contributed by atoms with Crippen LogP contribution in [0.1, 0.15) is 47.1 Å². The molecule has 0 heterocycles. The van der Waals surface area contributed by atoms with E-state index in [0.29, 0.717) is 0 Å². The van der Waals surface area contributed by atoms with Gasteiger partial charge in [-0.25, -0.2) is 13.2 Å². The van der Waals surface area contributed by atoms with Gasteiger partial charge in [-0.3, -0.25) is 14.5 Å². The van der Waals surface area contributed by atoms with Crippen molar-refractivity contribution in [3.8, 4) is 0 Å². The van der Waals surface area contributed by atoms with Crippen molar-refractivity contribution in [2.24, 2.45) is 0 Å². The number of carbonyl (C=O) groups excluding carboxylic acids is 2. The summed E-state index contributed by atoms with van der Waals surface area (Å²) in [4.78, 5) is 37.9. The molecule has 0 aliphatic rings. The van der Waals surface area contributed by atoms with Gasteiger partial charge in [0.15, 0.2) is 9.84 Å². The Labute approximate surface area is 195 Å². The average Bonchev–Trinajstić information content (AvgIpc) is 2.68. The molecular formula is C23H34N2O7S. The normalized spacial score (nSPS) is 13.0. The lowest BCUT2D eigenvalue weighted by atomic mass is 9.98. The highest BCUT2D eigenvalue weighted by Gasteiger charge is 2.39. The molecule has 0 spiro atoms. The lowest BCUT2D eigenvalue weighted by molar-refractivity contribution is -0.139. The highest BCUT2D eigenvalue weighted by atomic mass is 32.2. The molecule has 0 unspecified atom stereocenters. The van der Waals surface area contributed by atoms with Gasteiger partial charge in [0.2, 0.25) is 5.91 Å². The summed E-state index contributed by atoms with van der Waals surface area (Å²) >= 11 is 0. The van der Waals surface area contributed by atoms with Gasteiger partial charge in [0.25, 0.3) is 0 Å². The molecule has 1 rings (SSSR count). The van der Waals surface area contributed by atoms with Crippen molar-refractivity contribution >= 4 is 27.8 Å². The van der Waals surface area contributed by atoms with E-state index in [9.17, 15) is 22.8 Å². The van der Waals surface area contributed by atoms with E-state index in [4.69, 9.17) is 9.84 Å². The Hall–Kier alpha value is -2.88. The van der Waals surface area contributed by atoms with Crippen molar-refractivity contribution in [1.29, 1.82) is 0 Å². The number of rotatable bonds is 9. The second-order valence-corrected chi connectivity index (χ2v) is 12.4. The Kier molecular flexibility index (Phi) is 9.24. The van der Waals surface area contributed by atoms with Crippen LogP contribution in [-0.2, 0) is 30.6 Å². The quantitative estimate of drug-likeness (QED) is 0.553. The number of carbonyl (C=O) groups is 3. The third kappa shape index (κ3) is 7.88. The Morgan fingerprint density at radius 3 is 2.09 bits per heavy atom. The zero-order valence-electron chi connectivity index (χ0n) is 20.0. The number of hydrogen-bond donors (Lipinski definition) is 2. The van der Waals surface area contributed by atoms with Crippen LogP contribution in [-0.4, -0.2) is 65.9 Å². The van der Waals surface area contributed by atoms with Gasteiger partial charge >= 0.3 is 12.1 Å². The van der Waals surface area contributed by atoms with Crippen LogP contribution in [0.2, 0.25) is 0 Å². The zero-order chi connectivity index (χ0) is 25.6. The number of nitrogens with one attached hydrogen (secondary N) is 1. The smallest absolute Gasteiger partial charge is 0.411 e. The van der Waals surface area contributed by atoms with E-state index < -0.39 is 57.3 Å². The Morgan fingerprint density at radius 2 is 1.64 bits per heavy atom. The number of carboxylic acid groups (broad SMARTS) is 1. The first-order valence-electron chi connectivity index (χ1n) is 10.4. The fourth-order valence-corrected chi connectivity index (χ4v) is 4.09. The molecule has 0 saturated carbocycles. The minimum Gasteiger partial charge on any atom is -0.480 e. The molecule has 0 aromatic heterocycles. The highest BCUT2D eigenvalue weighted by molar-refractivity contribution is 7.96. The van der Waals surface area contributed by atoms with E-state index in [0.717, 1.165) is 5.56 Å². The summed E-state index contributed by atoms with van der Waals surface area (Å²) in [6.45, 7) is 12.0. The molecule has 33 heavy (non-hydrogen) atoms. The van der Waals surface area contributed by atoms with Crippen LogP contribution in [0, 0.1) is 0 Å². The summed E-state index contributed by atoms with van der Waals surface area (Å²) < 4.78 is 29.2. The first-order valence-corrected chi connectivity index (χ1v) is 11.9. The second-order valence-electron chi connectivity index (χ2n) is 9.57. The molecule has 2 amide bonds. The Balaban J connectivity index is 3.23. The summed E-state index contributed by atoms with van der Waals surface area (Å²) in [6.07, 6.45) is -0.820. The molecular weight excluding hydrogens is 448 g/mol. The fourth-order valence-electron chi connectivity index (χ4n) is 3.01. The molecule has 2 N–H and O–H groups in total. The summed E-state index contributed by atoms with van der Waals surface area (Å²) in [5.74, 6) is -1.90. The summed E-state index contributed by atoms with van der Waals surface area (Å²) in [7, 11) is -3.77. The number of ether oxygens (including phenoxy) is 1. The minimum atomic E-state index is -3.77. The number of benzene rings is 1. The number of nitrogens with zero attached hydrogens (tertiary/aromatic N) is 1. The van der Waals surface area contributed by atoms with Crippen LogP contribution in [0.25, 0.3) is 0 Å². The molecule has 0 fully saturated rings. The molecule has 0 aliphatic carbocycles. The third-order valence-electron chi connectivity index (χ3n) is 4.76. The van der Waals surface area contributed by atoms with E-state index in [1.165, 1.54) is 25.7 Å². The number of sulfone groups is 1. The first-order chi connectivity index (χ1) is 15.0. The van der Waals surface area contributed by atoms with E-state index in [1.807, 2.05) is 0 Å². The van der Waals surface area contributed by atoms with Gasteiger partial charge in [-0.15, -0.1) is 0 Å². The highest BCUT2D eigenvalue weighted by Crippen LogP contribution is 2.25. The van der Waals surface area contributed by atoms with Crippen molar-refractivity contribution in [2.75, 3.05) is 13.2 Å². The predicted molar refractivity (Wildman–Crippen MR) is 125 cm³/mol. The lowest BCUT2D eigenvalue weighted by Crippen LogP contribution is -2.58. The summed E-state index contributed by atoms with van der Waals surface area (Å²) in [6, 6.07) is 7.82. The molecule has 10 heteroatoms. The topological polar surface area (TPSA) is 130 Å². The van der Waals surface area contributed by atoms with Crippen LogP contribution in [0.15, 0.2) is 41.8 Å². The zero-order valence-corrected chi connectivity index (χ0v) is 20.9. The van der Waals surface area contributed by atoms with Crippen LogP contribution >= 0.6 is 0 Å². The Morgan fingerprint density at radius 1 is 1.09 bits per heavy atom. The summed E-state index contributed by atoms with van der Waals surface area (Å²) in [5.41, 5.74) is -0.170. The van der Waals surface area contributed by atoms with E-state index in [2.05, 4.69) is 11.9 Å². The van der Waals surface area contributed by atoms with Crippen molar-refractivity contribution < 1.29 is 32.6 Å². The fraction of sp³-hybridized carbons (Fsp3) is 0.522. The Bertz CT molecular complexity index is 974. The van der Waals surface area contributed by atoms with Crippen LogP contribution in [0.3, 0.4) is 0 Å². The van der Waals surface area contributed by atoms with Crippen LogP contribution in [0.5, 0.6) is 0 Å². The van der Waals surface area contributed by atoms with Crippen molar-refractivity contribution in [2.45, 2.75) is 64.3 Å². The lowest BCUT2D eigenvalue weighted by Gasteiger charge is -2.40. The number of amides is 2. The molecule has 0 bridgehead atoms. The maximum Gasteiger partial charge on any atom is 0.411 e. The largest absolute Gasteiger partial charge is 0.480 e. The second kappa shape index (κ2) is 10.8. The predicted octanol–water partition coefficient (Wildman–Crippen LogP) is 2.76. The van der Waals surface area contributed by atoms with E-state index >= 15 is 0 Å². The van der Waals surface area contributed by atoms with Gasteiger partial charge in [0.1, 0.15) is 19.2 Å².